The van der Waals surface area contributed by atoms with Crippen molar-refractivity contribution in [3.63, 3.8) is 0 Å². The lowest BCUT2D eigenvalue weighted by Crippen LogP contribution is -2.39. The van der Waals surface area contributed by atoms with Crippen LogP contribution in [0.25, 0.3) is 0 Å². The minimum Gasteiger partial charge on any atom is -0.394 e. The van der Waals surface area contributed by atoms with Crippen LogP contribution in [0.4, 0.5) is 4.39 Å². The van der Waals surface area contributed by atoms with Crippen LogP contribution in [0.2, 0.25) is 0 Å². The van der Waals surface area contributed by atoms with E-state index in [0.717, 1.165) is 0 Å². The number of aliphatic hydroxyl groups excluding tert-OH is 3. The summed E-state index contributed by atoms with van der Waals surface area (Å²) in [6, 6.07) is 0. The Morgan fingerprint density at radius 1 is 1.44 bits per heavy atom. The minimum absolute atomic E-state index is 0.457. The summed E-state index contributed by atoms with van der Waals surface area (Å²) in [5, 5.41) is 27.9. The van der Waals surface area contributed by atoms with E-state index in [0.29, 0.717) is 10.8 Å². The van der Waals surface area contributed by atoms with Gasteiger partial charge in [0.2, 0.25) is 12.0 Å². The number of hydrogen-bond donors (Lipinski definition) is 4. The van der Waals surface area contributed by atoms with Gasteiger partial charge in [0.05, 0.1) is 12.8 Å². The Labute approximate surface area is 98.9 Å². The van der Waals surface area contributed by atoms with Gasteiger partial charge >= 0.3 is 5.69 Å². The number of aromatic nitrogens is 2. The Morgan fingerprint density at radius 2 is 2.11 bits per heavy atom. The van der Waals surface area contributed by atoms with Crippen molar-refractivity contribution in [1.29, 1.82) is 0 Å². The molecular weight excluding hydrogens is 251 g/mol. The topological polar surface area (TPSA) is 125 Å². The molecule has 1 fully saturated rings. The van der Waals surface area contributed by atoms with Crippen molar-refractivity contribution in [1.82, 2.24) is 9.55 Å². The molecule has 1 aromatic rings. The fourth-order valence-electron chi connectivity index (χ4n) is 1.60. The molecule has 0 bridgehead atoms. The van der Waals surface area contributed by atoms with Crippen LogP contribution >= 0.6 is 0 Å². The summed E-state index contributed by atoms with van der Waals surface area (Å²) in [7, 11) is 0. The van der Waals surface area contributed by atoms with Crippen LogP contribution in [0.5, 0.6) is 0 Å². The SMILES string of the molecule is O=c1[nH]c(=O)n([C]2O[C@H](CO)[C@@H](O)[C@H]2O)cc1F. The van der Waals surface area contributed by atoms with E-state index in [1.165, 1.54) is 0 Å². The number of hydrogen-bond acceptors (Lipinski definition) is 6. The fourth-order valence-corrected chi connectivity index (χ4v) is 1.60. The molecule has 8 nitrogen and oxygen atoms in total. The molecule has 9 heteroatoms. The van der Waals surface area contributed by atoms with E-state index in [-0.39, 0.29) is 0 Å². The summed E-state index contributed by atoms with van der Waals surface area (Å²) < 4.78 is 18.5. The van der Waals surface area contributed by atoms with Crippen molar-refractivity contribution in [3.8, 4) is 0 Å². The number of H-pyrrole nitrogens is 1. The maximum atomic E-state index is 13.1. The summed E-state index contributed by atoms with van der Waals surface area (Å²) >= 11 is 0. The molecule has 18 heavy (non-hydrogen) atoms. The first-order chi connectivity index (χ1) is 8.45. The average Bonchev–Trinajstić information content (AvgIpc) is 2.61. The minimum atomic E-state index is -1.61. The normalized spacial score (nSPS) is 28.8. The summed E-state index contributed by atoms with van der Waals surface area (Å²) in [6.45, 7) is -0.595. The van der Waals surface area contributed by atoms with Crippen LogP contribution < -0.4 is 11.2 Å². The molecule has 1 aromatic heterocycles. The zero-order chi connectivity index (χ0) is 13.4. The lowest BCUT2D eigenvalue weighted by Gasteiger charge is -2.14. The van der Waals surface area contributed by atoms with Gasteiger partial charge in [0.15, 0.2) is 0 Å². The molecule has 2 heterocycles. The van der Waals surface area contributed by atoms with Crippen LogP contribution in [0.1, 0.15) is 0 Å². The summed E-state index contributed by atoms with van der Waals surface area (Å²) in [5.74, 6) is -1.25. The van der Waals surface area contributed by atoms with E-state index in [9.17, 15) is 24.2 Å². The van der Waals surface area contributed by atoms with Crippen molar-refractivity contribution < 1.29 is 24.4 Å². The highest BCUT2D eigenvalue weighted by Gasteiger charge is 2.45. The third-order valence-corrected chi connectivity index (χ3v) is 2.55. The van der Waals surface area contributed by atoms with Crippen molar-refractivity contribution in [2.45, 2.75) is 18.3 Å². The van der Waals surface area contributed by atoms with E-state index >= 15 is 0 Å². The maximum Gasteiger partial charge on any atom is 0.331 e. The first-order valence-corrected chi connectivity index (χ1v) is 4.98. The van der Waals surface area contributed by atoms with Gasteiger partial charge in [-0.05, 0) is 0 Å². The van der Waals surface area contributed by atoms with Crippen molar-refractivity contribution in [3.05, 3.63) is 39.1 Å². The summed E-state index contributed by atoms with van der Waals surface area (Å²) in [5.41, 5.74) is -2.23. The molecule has 1 aliphatic rings. The molecule has 3 atom stereocenters. The van der Waals surface area contributed by atoms with Gasteiger partial charge in [-0.2, -0.15) is 4.39 Å². The second-order valence-electron chi connectivity index (χ2n) is 3.72. The Balaban J connectivity index is 2.42. The van der Waals surface area contributed by atoms with Crippen molar-refractivity contribution in [2.75, 3.05) is 6.61 Å². The highest BCUT2D eigenvalue weighted by Crippen LogP contribution is 2.26. The summed E-state index contributed by atoms with van der Waals surface area (Å²) in [4.78, 5) is 23.9. The Hall–Kier alpha value is -1.55. The third-order valence-electron chi connectivity index (χ3n) is 2.55. The molecule has 1 aliphatic heterocycles. The van der Waals surface area contributed by atoms with E-state index < -0.39 is 48.2 Å². The molecule has 0 amide bonds. The van der Waals surface area contributed by atoms with E-state index in [1.807, 2.05) is 0 Å². The molecule has 0 aliphatic carbocycles. The van der Waals surface area contributed by atoms with Gasteiger partial charge in [-0.3, -0.25) is 14.3 Å². The molecule has 1 radical (unpaired) electrons. The number of rotatable bonds is 2. The zero-order valence-corrected chi connectivity index (χ0v) is 8.91. The van der Waals surface area contributed by atoms with Crippen LogP contribution in [-0.4, -0.2) is 49.8 Å². The van der Waals surface area contributed by atoms with E-state index in [4.69, 9.17) is 9.84 Å². The monoisotopic (exact) mass is 261 g/mol. The molecule has 2 rings (SSSR count). The zero-order valence-electron chi connectivity index (χ0n) is 8.91. The molecule has 0 unspecified atom stereocenters. The molecular formula is C9H10FN2O6. The number of aliphatic hydroxyl groups is 3. The third kappa shape index (κ3) is 1.97. The van der Waals surface area contributed by atoms with Gasteiger partial charge < -0.3 is 20.1 Å². The number of ether oxygens (including phenoxy) is 1. The number of aromatic amines is 1. The number of nitrogens with zero attached hydrogens (tertiary/aromatic N) is 1. The average molecular weight is 261 g/mol. The molecule has 99 valence electrons. The summed E-state index contributed by atoms with van der Waals surface area (Å²) in [6.07, 6.45) is -4.11. The quantitative estimate of drug-likeness (QED) is 0.453. The Morgan fingerprint density at radius 3 is 2.67 bits per heavy atom. The predicted octanol–water partition coefficient (Wildman–Crippen LogP) is -2.87. The standard InChI is InChI=1S/C9H10FN2O6/c10-3-1-12(9(17)11-7(3)16)8-6(15)5(14)4(2-13)18-8/h1,4-6,13-15H,2H2,(H,11,16,17)/t4-,5-,6-/m1/s1. The smallest absolute Gasteiger partial charge is 0.331 e. The highest BCUT2D eigenvalue weighted by molar-refractivity contribution is 5.06. The second kappa shape index (κ2) is 4.61. The first-order valence-electron chi connectivity index (χ1n) is 4.98. The van der Waals surface area contributed by atoms with E-state index in [1.54, 1.807) is 4.98 Å². The molecule has 0 aromatic carbocycles. The first kappa shape index (κ1) is 12.9. The predicted molar refractivity (Wildman–Crippen MR) is 53.9 cm³/mol. The second-order valence-corrected chi connectivity index (χ2v) is 3.72. The Bertz CT molecular complexity index is 555. The van der Waals surface area contributed by atoms with Crippen LogP contribution in [0.3, 0.4) is 0 Å². The van der Waals surface area contributed by atoms with Crippen LogP contribution in [0.15, 0.2) is 15.8 Å². The molecule has 0 saturated carbocycles. The van der Waals surface area contributed by atoms with Gasteiger partial charge in [-0.15, -0.1) is 0 Å². The molecule has 4 N–H and O–H groups in total. The Kier molecular flexibility index (Phi) is 3.30. The number of nitrogens with one attached hydrogen (secondary N) is 1. The van der Waals surface area contributed by atoms with Crippen LogP contribution in [0, 0.1) is 12.0 Å². The number of halogens is 1. The van der Waals surface area contributed by atoms with Gasteiger partial charge in [0.25, 0.3) is 5.56 Å². The lowest BCUT2D eigenvalue weighted by atomic mass is 10.1. The van der Waals surface area contributed by atoms with Gasteiger partial charge in [0.1, 0.15) is 18.3 Å². The van der Waals surface area contributed by atoms with Crippen molar-refractivity contribution >= 4 is 0 Å². The van der Waals surface area contributed by atoms with Crippen molar-refractivity contribution in [2.24, 2.45) is 0 Å². The largest absolute Gasteiger partial charge is 0.394 e. The molecule has 1 saturated heterocycles. The van der Waals surface area contributed by atoms with E-state index in [2.05, 4.69) is 0 Å². The van der Waals surface area contributed by atoms with Crippen LogP contribution in [-0.2, 0) is 4.74 Å². The van der Waals surface area contributed by atoms with Gasteiger partial charge in [-0.25, -0.2) is 4.79 Å². The van der Waals surface area contributed by atoms with Gasteiger partial charge in [0, 0.05) is 0 Å². The lowest BCUT2D eigenvalue weighted by molar-refractivity contribution is -0.00690. The highest BCUT2D eigenvalue weighted by atomic mass is 19.1. The fraction of sp³-hybridized carbons (Fsp3) is 0.444. The maximum absolute atomic E-state index is 13.1. The molecule has 0 spiro atoms. The van der Waals surface area contributed by atoms with Gasteiger partial charge in [-0.1, -0.05) is 0 Å².